The topological polar surface area (TPSA) is 35.3 Å². The zero-order valence-corrected chi connectivity index (χ0v) is 10.4. The van der Waals surface area contributed by atoms with Crippen LogP contribution in [0.3, 0.4) is 0 Å². The van der Waals surface area contributed by atoms with Crippen molar-refractivity contribution in [3.05, 3.63) is 35.0 Å². The number of hydrogen-bond donors (Lipinski definition) is 0. The summed E-state index contributed by atoms with van der Waals surface area (Å²) in [5.41, 5.74) is 0.734. The molecule has 0 spiro atoms. The van der Waals surface area contributed by atoms with Crippen molar-refractivity contribution in [3.8, 4) is 5.75 Å². The normalized spacial score (nSPS) is 12.6. The predicted octanol–water partition coefficient (Wildman–Crippen LogP) is 2.62. The molecular weight excluding hydrogens is 202 g/mol. The van der Waals surface area contributed by atoms with Crippen molar-refractivity contribution >= 4 is 6.21 Å². The van der Waals surface area contributed by atoms with E-state index in [2.05, 4.69) is 0 Å². The van der Waals surface area contributed by atoms with Gasteiger partial charge in [-0.05, 0) is 17.7 Å². The van der Waals surface area contributed by atoms with Gasteiger partial charge in [-0.2, -0.15) is 0 Å². The van der Waals surface area contributed by atoms with Crippen LogP contribution < -0.4 is 4.74 Å². The Hall–Kier alpha value is -1.51. The number of benzene rings is 1. The van der Waals surface area contributed by atoms with Crippen LogP contribution >= 0.6 is 0 Å². The maximum Gasteiger partial charge on any atom is 0.164 e. The zero-order chi connectivity index (χ0) is 12.2. The molecule has 3 heteroatoms. The molecule has 0 N–H and O–H groups in total. The second-order valence-corrected chi connectivity index (χ2v) is 4.73. The summed E-state index contributed by atoms with van der Waals surface area (Å²) in [6.07, 6.45) is 2.31. The van der Waals surface area contributed by atoms with Gasteiger partial charge in [0.1, 0.15) is 5.75 Å². The van der Waals surface area contributed by atoms with E-state index >= 15 is 0 Å². The van der Waals surface area contributed by atoms with Crippen molar-refractivity contribution in [3.63, 3.8) is 0 Å². The van der Waals surface area contributed by atoms with Gasteiger partial charge >= 0.3 is 0 Å². The SMILES string of the molecule is COc1ccc(C/C=[N+](/[O-])C(C)(C)C)cc1. The molecule has 3 nitrogen and oxygen atoms in total. The van der Waals surface area contributed by atoms with E-state index in [1.54, 1.807) is 13.3 Å². The number of nitrogens with zero attached hydrogens (tertiary/aromatic N) is 1. The second kappa shape index (κ2) is 5.01. The van der Waals surface area contributed by atoms with Crippen LogP contribution in [-0.4, -0.2) is 23.6 Å². The van der Waals surface area contributed by atoms with E-state index in [1.165, 1.54) is 0 Å². The van der Waals surface area contributed by atoms with Crippen LogP contribution in [0.5, 0.6) is 5.75 Å². The molecule has 0 heterocycles. The molecule has 0 aliphatic carbocycles. The molecule has 0 bridgehead atoms. The molecule has 0 saturated carbocycles. The van der Waals surface area contributed by atoms with Gasteiger partial charge in [0.05, 0.1) is 13.5 Å². The molecule has 0 amide bonds. The van der Waals surface area contributed by atoms with Gasteiger partial charge < -0.3 is 9.94 Å². The fraction of sp³-hybridized carbons (Fsp3) is 0.462. The lowest BCUT2D eigenvalue weighted by Gasteiger charge is -2.18. The molecule has 1 aromatic rings. The van der Waals surface area contributed by atoms with Gasteiger partial charge in [0, 0.05) is 20.8 Å². The largest absolute Gasteiger partial charge is 0.624 e. The monoisotopic (exact) mass is 221 g/mol. The summed E-state index contributed by atoms with van der Waals surface area (Å²) in [6, 6.07) is 7.72. The van der Waals surface area contributed by atoms with Crippen LogP contribution in [0.15, 0.2) is 24.3 Å². The maximum atomic E-state index is 11.6. The van der Waals surface area contributed by atoms with E-state index in [4.69, 9.17) is 4.74 Å². The van der Waals surface area contributed by atoms with Crippen LogP contribution in [0.4, 0.5) is 0 Å². The van der Waals surface area contributed by atoms with E-state index in [-0.39, 0.29) is 5.54 Å². The second-order valence-electron chi connectivity index (χ2n) is 4.73. The Balaban J connectivity index is 2.67. The Morgan fingerprint density at radius 3 is 2.25 bits per heavy atom. The minimum Gasteiger partial charge on any atom is -0.624 e. The van der Waals surface area contributed by atoms with Crippen molar-refractivity contribution in [1.82, 2.24) is 0 Å². The third kappa shape index (κ3) is 3.57. The summed E-state index contributed by atoms with van der Waals surface area (Å²) in [6.45, 7) is 5.68. The third-order valence-electron chi connectivity index (χ3n) is 2.31. The van der Waals surface area contributed by atoms with Crippen molar-refractivity contribution in [2.24, 2.45) is 0 Å². The molecule has 0 unspecified atom stereocenters. The van der Waals surface area contributed by atoms with E-state index < -0.39 is 0 Å². The average Bonchev–Trinajstić information content (AvgIpc) is 2.25. The summed E-state index contributed by atoms with van der Waals surface area (Å²) in [5, 5.41) is 11.6. The standard InChI is InChI=1S/C13H19NO2/c1-13(2,3)14(15)10-9-11-5-7-12(16-4)8-6-11/h5-8,10H,9H2,1-4H3/b14-10+. The van der Waals surface area contributed by atoms with E-state index in [9.17, 15) is 5.21 Å². The molecule has 0 aliphatic heterocycles. The summed E-state index contributed by atoms with van der Waals surface area (Å²) >= 11 is 0. The Morgan fingerprint density at radius 1 is 1.25 bits per heavy atom. The first-order chi connectivity index (χ1) is 7.43. The number of methoxy groups -OCH3 is 1. The third-order valence-corrected chi connectivity index (χ3v) is 2.31. The maximum absolute atomic E-state index is 11.6. The van der Waals surface area contributed by atoms with Gasteiger partial charge in [-0.15, -0.1) is 0 Å². The lowest BCUT2D eigenvalue weighted by atomic mass is 10.1. The highest BCUT2D eigenvalue weighted by Gasteiger charge is 2.17. The minimum atomic E-state index is -0.369. The van der Waals surface area contributed by atoms with Crippen LogP contribution in [-0.2, 0) is 6.42 Å². The minimum absolute atomic E-state index is 0.369. The Bertz CT molecular complexity index is 361. The highest BCUT2D eigenvalue weighted by molar-refractivity contribution is 5.56. The Morgan fingerprint density at radius 2 is 1.81 bits per heavy atom. The van der Waals surface area contributed by atoms with Crippen LogP contribution in [0.2, 0.25) is 0 Å². The zero-order valence-electron chi connectivity index (χ0n) is 10.4. The molecule has 0 aromatic heterocycles. The lowest BCUT2D eigenvalue weighted by molar-refractivity contribution is -0.531. The highest BCUT2D eigenvalue weighted by atomic mass is 16.5. The smallest absolute Gasteiger partial charge is 0.164 e. The van der Waals surface area contributed by atoms with E-state index in [0.29, 0.717) is 6.42 Å². The number of ether oxygens (including phenoxy) is 1. The van der Waals surface area contributed by atoms with Gasteiger partial charge in [0.2, 0.25) is 0 Å². The fourth-order valence-corrected chi connectivity index (χ4v) is 1.22. The molecule has 88 valence electrons. The summed E-state index contributed by atoms with van der Waals surface area (Å²) in [5.74, 6) is 0.832. The fourth-order valence-electron chi connectivity index (χ4n) is 1.22. The van der Waals surface area contributed by atoms with Crippen molar-refractivity contribution in [2.75, 3.05) is 7.11 Å². The Kier molecular flexibility index (Phi) is 3.93. The molecule has 0 atom stereocenters. The van der Waals surface area contributed by atoms with E-state index in [0.717, 1.165) is 16.1 Å². The number of hydrogen-bond acceptors (Lipinski definition) is 2. The first kappa shape index (κ1) is 12.6. The first-order valence-corrected chi connectivity index (χ1v) is 5.36. The number of rotatable bonds is 3. The summed E-state index contributed by atoms with van der Waals surface area (Å²) < 4.78 is 6.06. The average molecular weight is 221 g/mol. The molecule has 0 radical (unpaired) electrons. The Labute approximate surface area is 97.0 Å². The molecule has 0 fully saturated rings. The van der Waals surface area contributed by atoms with Crippen molar-refractivity contribution in [2.45, 2.75) is 32.7 Å². The molecule has 1 rings (SSSR count). The first-order valence-electron chi connectivity index (χ1n) is 5.36. The van der Waals surface area contributed by atoms with Gasteiger partial charge in [0.25, 0.3) is 0 Å². The van der Waals surface area contributed by atoms with Gasteiger partial charge in [-0.25, -0.2) is 4.74 Å². The van der Waals surface area contributed by atoms with Crippen LogP contribution in [0.1, 0.15) is 26.3 Å². The molecule has 1 aromatic carbocycles. The molecule has 0 saturated heterocycles. The van der Waals surface area contributed by atoms with Gasteiger partial charge in [-0.3, -0.25) is 0 Å². The van der Waals surface area contributed by atoms with Gasteiger partial charge in [-0.1, -0.05) is 12.1 Å². The van der Waals surface area contributed by atoms with Crippen LogP contribution in [0.25, 0.3) is 0 Å². The number of hydroxylamine groups is 1. The van der Waals surface area contributed by atoms with Crippen molar-refractivity contribution in [1.29, 1.82) is 0 Å². The van der Waals surface area contributed by atoms with Gasteiger partial charge in [0.15, 0.2) is 11.8 Å². The summed E-state index contributed by atoms with van der Waals surface area (Å²) in [4.78, 5) is 0. The molecular formula is C13H19NO2. The molecule has 16 heavy (non-hydrogen) atoms. The van der Waals surface area contributed by atoms with Crippen molar-refractivity contribution < 1.29 is 9.48 Å². The summed E-state index contributed by atoms with van der Waals surface area (Å²) in [7, 11) is 1.64. The van der Waals surface area contributed by atoms with E-state index in [1.807, 2.05) is 45.0 Å². The van der Waals surface area contributed by atoms with Crippen LogP contribution in [0, 0.1) is 5.21 Å². The predicted molar refractivity (Wildman–Crippen MR) is 66.1 cm³/mol. The highest BCUT2D eigenvalue weighted by Crippen LogP contribution is 2.11. The quantitative estimate of drug-likeness (QED) is 0.340. The lowest BCUT2D eigenvalue weighted by Crippen LogP contribution is -2.29. The molecule has 0 aliphatic rings.